The van der Waals surface area contributed by atoms with Gasteiger partial charge in [-0.25, -0.2) is 9.59 Å². The SMILES string of the molecule is CCCCOC(COCC)(OCC)c1ccc(C(=O)O)c(C(COCC)(OCC)OCCCC)c1C(=O)O. The van der Waals surface area contributed by atoms with E-state index >= 15 is 0 Å². The van der Waals surface area contributed by atoms with Crippen molar-refractivity contribution in [2.24, 2.45) is 0 Å². The predicted octanol–water partition coefficient (Wildman–Crippen LogP) is 5.17. The molecule has 2 unspecified atom stereocenters. The third kappa shape index (κ3) is 8.72. The molecule has 0 amide bonds. The Labute approximate surface area is 226 Å². The Morgan fingerprint density at radius 2 is 1.18 bits per heavy atom. The topological polar surface area (TPSA) is 130 Å². The van der Waals surface area contributed by atoms with Gasteiger partial charge in [-0.3, -0.25) is 0 Å². The first-order valence-electron chi connectivity index (χ1n) is 13.6. The minimum absolute atomic E-state index is 0.100. The van der Waals surface area contributed by atoms with Crippen LogP contribution in [0.1, 0.15) is 99.1 Å². The molecular formula is C28H46O10. The third-order valence-corrected chi connectivity index (χ3v) is 5.85. The monoisotopic (exact) mass is 542 g/mol. The zero-order valence-corrected chi connectivity index (χ0v) is 23.8. The van der Waals surface area contributed by atoms with Crippen LogP contribution >= 0.6 is 0 Å². The third-order valence-electron chi connectivity index (χ3n) is 5.85. The first kappa shape index (κ1) is 33.9. The van der Waals surface area contributed by atoms with Crippen LogP contribution in [0.15, 0.2) is 12.1 Å². The van der Waals surface area contributed by atoms with Crippen molar-refractivity contribution < 1.29 is 48.2 Å². The Balaban J connectivity index is 4.16. The summed E-state index contributed by atoms with van der Waals surface area (Å²) in [6, 6.07) is 2.76. The van der Waals surface area contributed by atoms with Crippen LogP contribution in [0.4, 0.5) is 0 Å². The number of unbranched alkanes of at least 4 members (excludes halogenated alkanes) is 2. The number of aromatic carboxylic acids is 2. The van der Waals surface area contributed by atoms with Gasteiger partial charge in [0.1, 0.15) is 13.2 Å². The summed E-state index contributed by atoms with van der Waals surface area (Å²) in [4.78, 5) is 25.5. The summed E-state index contributed by atoms with van der Waals surface area (Å²) in [6.07, 6.45) is 3.01. The summed E-state index contributed by atoms with van der Waals surface area (Å²) < 4.78 is 36.0. The molecule has 0 saturated heterocycles. The van der Waals surface area contributed by atoms with Crippen LogP contribution in [0, 0.1) is 0 Å². The van der Waals surface area contributed by atoms with Gasteiger partial charge < -0.3 is 38.6 Å². The van der Waals surface area contributed by atoms with Crippen molar-refractivity contribution >= 4 is 11.9 Å². The molecule has 1 aromatic carbocycles. The molecule has 218 valence electrons. The maximum absolute atomic E-state index is 13.0. The minimum Gasteiger partial charge on any atom is -0.478 e. The number of carbonyl (C=O) groups is 2. The van der Waals surface area contributed by atoms with Gasteiger partial charge in [0.25, 0.3) is 0 Å². The van der Waals surface area contributed by atoms with E-state index in [4.69, 9.17) is 28.4 Å². The number of carboxylic acid groups (broad SMARTS) is 2. The molecule has 0 fully saturated rings. The fourth-order valence-corrected chi connectivity index (χ4v) is 4.12. The highest BCUT2D eigenvalue weighted by molar-refractivity contribution is 5.98. The lowest BCUT2D eigenvalue weighted by Crippen LogP contribution is -2.45. The first-order valence-corrected chi connectivity index (χ1v) is 13.6. The van der Waals surface area contributed by atoms with E-state index in [0.29, 0.717) is 19.4 Å². The average Bonchev–Trinajstić information content (AvgIpc) is 2.89. The highest BCUT2D eigenvalue weighted by Crippen LogP contribution is 2.41. The fraction of sp³-hybridized carbons (Fsp3) is 0.714. The Bertz CT molecular complexity index is 858. The molecular weight excluding hydrogens is 496 g/mol. The summed E-state index contributed by atoms with van der Waals surface area (Å²) in [5.41, 5.74) is -0.637. The van der Waals surface area contributed by atoms with Crippen molar-refractivity contribution in [3.8, 4) is 0 Å². The highest BCUT2D eigenvalue weighted by atomic mass is 16.7. The molecule has 0 aliphatic rings. The van der Waals surface area contributed by atoms with Crippen LogP contribution in [-0.4, -0.2) is 75.0 Å². The molecule has 0 aliphatic heterocycles. The minimum atomic E-state index is -1.80. The number of benzene rings is 1. The quantitative estimate of drug-likeness (QED) is 0.149. The second kappa shape index (κ2) is 17.5. The molecule has 0 aromatic heterocycles. The van der Waals surface area contributed by atoms with E-state index < -0.39 is 23.5 Å². The lowest BCUT2D eigenvalue weighted by Gasteiger charge is -2.39. The van der Waals surface area contributed by atoms with Crippen molar-refractivity contribution in [1.82, 2.24) is 0 Å². The lowest BCUT2D eigenvalue weighted by molar-refractivity contribution is -0.273. The molecule has 0 heterocycles. The van der Waals surface area contributed by atoms with Gasteiger partial charge in [0.05, 0.1) is 24.3 Å². The largest absolute Gasteiger partial charge is 0.478 e. The molecule has 10 heteroatoms. The zero-order chi connectivity index (χ0) is 28.6. The Morgan fingerprint density at radius 1 is 0.684 bits per heavy atom. The molecule has 2 N–H and O–H groups in total. The molecule has 38 heavy (non-hydrogen) atoms. The molecule has 1 aromatic rings. The van der Waals surface area contributed by atoms with Crippen molar-refractivity contribution in [3.63, 3.8) is 0 Å². The van der Waals surface area contributed by atoms with Gasteiger partial charge in [-0.2, -0.15) is 0 Å². The molecule has 1 rings (SSSR count). The van der Waals surface area contributed by atoms with E-state index in [0.717, 1.165) is 12.8 Å². The van der Waals surface area contributed by atoms with Gasteiger partial charge in [0.15, 0.2) is 0 Å². The molecule has 0 saturated carbocycles. The standard InChI is InChI=1S/C28H46O10/c1-7-13-17-37-27(35-11-5,19-33-9-3)22-16-15-21(25(29)30)24(23(22)26(31)32)28(36-12-6,20-34-10-4)38-18-14-8-2/h15-16H,7-14,17-20H2,1-6H3,(H,29,30)(H,31,32). The Morgan fingerprint density at radius 3 is 1.63 bits per heavy atom. The van der Waals surface area contributed by atoms with Crippen LogP contribution in [0.3, 0.4) is 0 Å². The molecule has 0 spiro atoms. The van der Waals surface area contributed by atoms with Crippen molar-refractivity contribution in [2.45, 2.75) is 78.8 Å². The normalized spacial score (nSPS) is 14.7. The summed E-state index contributed by atoms with van der Waals surface area (Å²) in [5.74, 6) is -6.11. The van der Waals surface area contributed by atoms with Crippen LogP contribution < -0.4 is 0 Å². The maximum atomic E-state index is 13.0. The molecule has 0 bridgehead atoms. The van der Waals surface area contributed by atoms with Crippen molar-refractivity contribution in [1.29, 1.82) is 0 Å². The van der Waals surface area contributed by atoms with E-state index in [-0.39, 0.29) is 68.5 Å². The van der Waals surface area contributed by atoms with E-state index in [1.807, 2.05) is 20.8 Å². The van der Waals surface area contributed by atoms with Crippen molar-refractivity contribution in [2.75, 3.05) is 52.9 Å². The second-order valence-electron chi connectivity index (χ2n) is 8.57. The lowest BCUT2D eigenvalue weighted by atomic mass is 9.86. The summed E-state index contributed by atoms with van der Waals surface area (Å²) >= 11 is 0. The number of hydrogen-bond donors (Lipinski definition) is 2. The van der Waals surface area contributed by atoms with Crippen LogP contribution in [0.25, 0.3) is 0 Å². The van der Waals surface area contributed by atoms with E-state index in [9.17, 15) is 19.8 Å². The Hall–Kier alpha value is -2.08. The number of hydrogen-bond acceptors (Lipinski definition) is 8. The van der Waals surface area contributed by atoms with Crippen LogP contribution in [0.2, 0.25) is 0 Å². The summed E-state index contributed by atoms with van der Waals surface area (Å²) in [6.45, 7) is 12.2. The van der Waals surface area contributed by atoms with Gasteiger partial charge in [0.2, 0.25) is 11.6 Å². The summed E-state index contributed by atoms with van der Waals surface area (Å²) in [7, 11) is 0. The first-order chi connectivity index (χ1) is 18.2. The van der Waals surface area contributed by atoms with Crippen molar-refractivity contribution in [3.05, 3.63) is 34.4 Å². The zero-order valence-electron chi connectivity index (χ0n) is 23.8. The highest BCUT2D eigenvalue weighted by Gasteiger charge is 2.47. The molecule has 0 radical (unpaired) electrons. The van der Waals surface area contributed by atoms with Gasteiger partial charge in [-0.15, -0.1) is 0 Å². The number of ether oxygens (including phenoxy) is 6. The van der Waals surface area contributed by atoms with Crippen LogP contribution in [0.5, 0.6) is 0 Å². The Kier molecular flexibility index (Phi) is 15.6. The number of carboxylic acids is 2. The number of rotatable bonds is 22. The molecule has 0 aliphatic carbocycles. The second-order valence-corrected chi connectivity index (χ2v) is 8.57. The molecule has 10 nitrogen and oxygen atoms in total. The maximum Gasteiger partial charge on any atom is 0.336 e. The summed E-state index contributed by atoms with van der Waals surface area (Å²) in [5, 5.41) is 20.8. The predicted molar refractivity (Wildman–Crippen MR) is 142 cm³/mol. The van der Waals surface area contributed by atoms with Gasteiger partial charge in [-0.05, 0) is 46.6 Å². The van der Waals surface area contributed by atoms with Gasteiger partial charge in [-0.1, -0.05) is 32.8 Å². The van der Waals surface area contributed by atoms with Gasteiger partial charge >= 0.3 is 11.9 Å². The van der Waals surface area contributed by atoms with Gasteiger partial charge in [0, 0.05) is 37.6 Å². The smallest absolute Gasteiger partial charge is 0.336 e. The molecule has 2 atom stereocenters. The van der Waals surface area contributed by atoms with Crippen LogP contribution in [-0.2, 0) is 40.0 Å². The average molecular weight is 543 g/mol. The van der Waals surface area contributed by atoms with E-state index in [2.05, 4.69) is 0 Å². The fourth-order valence-electron chi connectivity index (χ4n) is 4.12. The van der Waals surface area contributed by atoms with E-state index in [1.165, 1.54) is 12.1 Å². The van der Waals surface area contributed by atoms with E-state index in [1.54, 1.807) is 20.8 Å².